The molecule has 1 saturated heterocycles. The number of nitrogens with two attached hydrogens (primary N) is 1. The largest absolute Gasteiger partial charge is 0.342 e. The third-order valence-corrected chi connectivity index (χ3v) is 4.91. The van der Waals surface area contributed by atoms with Crippen molar-refractivity contribution in [3.63, 3.8) is 0 Å². The van der Waals surface area contributed by atoms with Gasteiger partial charge in [0.25, 0.3) is 0 Å². The summed E-state index contributed by atoms with van der Waals surface area (Å²) in [6.07, 6.45) is 4.97. The number of amides is 1. The van der Waals surface area contributed by atoms with Crippen molar-refractivity contribution in [2.45, 2.75) is 66.0 Å². The van der Waals surface area contributed by atoms with Crippen LogP contribution in [0.15, 0.2) is 6.20 Å². The van der Waals surface area contributed by atoms with Gasteiger partial charge in [-0.15, -0.1) is 5.10 Å². The number of carbonyl (C=O) groups excluding carboxylic acids is 1. The highest BCUT2D eigenvalue weighted by Crippen LogP contribution is 2.27. The van der Waals surface area contributed by atoms with Crippen LogP contribution in [-0.4, -0.2) is 38.9 Å². The van der Waals surface area contributed by atoms with Crippen LogP contribution in [0.4, 0.5) is 0 Å². The zero-order valence-electron chi connectivity index (χ0n) is 15.2. The van der Waals surface area contributed by atoms with E-state index in [0.29, 0.717) is 5.92 Å². The van der Waals surface area contributed by atoms with Crippen molar-refractivity contribution >= 4 is 5.91 Å². The molecule has 6 nitrogen and oxygen atoms in total. The van der Waals surface area contributed by atoms with Gasteiger partial charge in [0.2, 0.25) is 5.91 Å². The van der Waals surface area contributed by atoms with E-state index < -0.39 is 5.54 Å². The molecule has 1 atom stereocenters. The molecule has 0 bridgehead atoms. The number of nitrogens with zero attached hydrogens (tertiary/aromatic N) is 4. The van der Waals surface area contributed by atoms with Gasteiger partial charge >= 0.3 is 0 Å². The van der Waals surface area contributed by atoms with Gasteiger partial charge < -0.3 is 10.6 Å². The molecule has 1 aromatic rings. The Hall–Kier alpha value is -1.43. The molecule has 0 aromatic carbocycles. The van der Waals surface area contributed by atoms with Gasteiger partial charge in [-0.1, -0.05) is 26.0 Å². The molecule has 6 heteroatoms. The van der Waals surface area contributed by atoms with Crippen LogP contribution in [0.3, 0.4) is 0 Å². The summed E-state index contributed by atoms with van der Waals surface area (Å²) in [5.74, 6) is 0.697. The standard InChI is InChI=1S/C17H31N5O/c1-6-16(2,3)15(23)21-9-7-8-13(10-21)11-22-12-14(19-20-22)17(4,5)18/h12-13H,6-11,18H2,1-5H3/t13-/m1/s1. The summed E-state index contributed by atoms with van der Waals surface area (Å²) in [5.41, 5.74) is 6.11. The van der Waals surface area contributed by atoms with E-state index in [9.17, 15) is 4.79 Å². The molecular weight excluding hydrogens is 290 g/mol. The summed E-state index contributed by atoms with van der Waals surface area (Å²) < 4.78 is 1.87. The summed E-state index contributed by atoms with van der Waals surface area (Å²) in [5, 5.41) is 8.36. The molecule has 1 aliphatic heterocycles. The van der Waals surface area contributed by atoms with Crippen molar-refractivity contribution in [1.82, 2.24) is 19.9 Å². The fraction of sp³-hybridized carbons (Fsp3) is 0.824. The van der Waals surface area contributed by atoms with E-state index in [2.05, 4.69) is 17.2 Å². The highest BCUT2D eigenvalue weighted by atomic mass is 16.2. The zero-order chi connectivity index (χ0) is 17.3. The number of likely N-dealkylation sites (tertiary alicyclic amines) is 1. The molecule has 1 aromatic heterocycles. The smallest absolute Gasteiger partial charge is 0.228 e. The number of carbonyl (C=O) groups is 1. The lowest BCUT2D eigenvalue weighted by molar-refractivity contribution is -0.142. The molecule has 130 valence electrons. The topological polar surface area (TPSA) is 77.0 Å². The minimum Gasteiger partial charge on any atom is -0.342 e. The molecule has 0 saturated carbocycles. The first-order chi connectivity index (χ1) is 10.6. The van der Waals surface area contributed by atoms with Crippen LogP contribution in [0.5, 0.6) is 0 Å². The third-order valence-electron chi connectivity index (χ3n) is 4.91. The average Bonchev–Trinajstić information content (AvgIpc) is 2.95. The van der Waals surface area contributed by atoms with Crippen LogP contribution in [0, 0.1) is 11.3 Å². The van der Waals surface area contributed by atoms with Gasteiger partial charge in [-0.05, 0) is 39.0 Å². The molecule has 1 amide bonds. The summed E-state index contributed by atoms with van der Waals surface area (Å²) in [7, 11) is 0. The van der Waals surface area contributed by atoms with E-state index in [1.807, 2.05) is 43.5 Å². The Morgan fingerprint density at radius 2 is 2.09 bits per heavy atom. The zero-order valence-corrected chi connectivity index (χ0v) is 15.2. The van der Waals surface area contributed by atoms with Crippen LogP contribution in [0.2, 0.25) is 0 Å². The predicted molar refractivity (Wildman–Crippen MR) is 90.6 cm³/mol. The molecule has 1 aliphatic rings. The molecule has 1 fully saturated rings. The van der Waals surface area contributed by atoms with Crippen LogP contribution in [0.1, 0.15) is 59.6 Å². The van der Waals surface area contributed by atoms with Crippen LogP contribution in [-0.2, 0) is 16.9 Å². The van der Waals surface area contributed by atoms with E-state index in [-0.39, 0.29) is 11.3 Å². The van der Waals surface area contributed by atoms with Crippen molar-refractivity contribution in [3.8, 4) is 0 Å². The van der Waals surface area contributed by atoms with Crippen molar-refractivity contribution in [2.24, 2.45) is 17.1 Å². The Morgan fingerprint density at radius 3 is 2.65 bits per heavy atom. The number of piperidine rings is 1. The van der Waals surface area contributed by atoms with Gasteiger partial charge in [0, 0.05) is 25.0 Å². The van der Waals surface area contributed by atoms with Gasteiger partial charge in [-0.2, -0.15) is 0 Å². The summed E-state index contributed by atoms with van der Waals surface area (Å²) in [4.78, 5) is 14.7. The van der Waals surface area contributed by atoms with Gasteiger partial charge in [-0.3, -0.25) is 9.48 Å². The highest BCUT2D eigenvalue weighted by molar-refractivity contribution is 5.82. The third kappa shape index (κ3) is 4.31. The van der Waals surface area contributed by atoms with Crippen LogP contribution in [0.25, 0.3) is 0 Å². The predicted octanol–water partition coefficient (Wildman–Crippen LogP) is 2.15. The van der Waals surface area contributed by atoms with Crippen LogP contribution >= 0.6 is 0 Å². The van der Waals surface area contributed by atoms with E-state index in [1.165, 1.54) is 0 Å². The molecule has 2 heterocycles. The maximum atomic E-state index is 12.7. The lowest BCUT2D eigenvalue weighted by atomic mass is 9.87. The lowest BCUT2D eigenvalue weighted by Crippen LogP contribution is -2.46. The molecule has 2 rings (SSSR count). The Bertz CT molecular complexity index is 543. The Kier molecular flexibility index (Phi) is 5.14. The molecule has 0 radical (unpaired) electrons. The number of aromatic nitrogens is 3. The van der Waals surface area contributed by atoms with E-state index >= 15 is 0 Å². The maximum absolute atomic E-state index is 12.7. The van der Waals surface area contributed by atoms with Gasteiger partial charge in [0.1, 0.15) is 5.69 Å². The average molecular weight is 321 g/mol. The van der Waals surface area contributed by atoms with E-state index in [1.54, 1.807) is 0 Å². The number of rotatable bonds is 5. The van der Waals surface area contributed by atoms with E-state index in [4.69, 9.17) is 5.73 Å². The molecular formula is C17H31N5O. The molecule has 0 unspecified atom stereocenters. The quantitative estimate of drug-likeness (QED) is 0.901. The normalized spacial score (nSPS) is 19.9. The van der Waals surface area contributed by atoms with Crippen LogP contribution < -0.4 is 5.73 Å². The minimum atomic E-state index is -0.474. The molecule has 0 spiro atoms. The van der Waals surface area contributed by atoms with Gasteiger partial charge in [-0.25, -0.2) is 0 Å². The second kappa shape index (κ2) is 6.59. The highest BCUT2D eigenvalue weighted by Gasteiger charge is 2.33. The van der Waals surface area contributed by atoms with Crippen molar-refractivity contribution in [2.75, 3.05) is 13.1 Å². The van der Waals surface area contributed by atoms with Gasteiger partial charge in [0.15, 0.2) is 0 Å². The molecule has 2 N–H and O–H groups in total. The number of hydrogen-bond acceptors (Lipinski definition) is 4. The minimum absolute atomic E-state index is 0.270. The maximum Gasteiger partial charge on any atom is 0.228 e. The molecule has 23 heavy (non-hydrogen) atoms. The fourth-order valence-electron chi connectivity index (χ4n) is 2.93. The SMILES string of the molecule is CCC(C)(C)C(=O)N1CCC[C@@H](Cn2cc(C(C)(C)N)nn2)C1. The van der Waals surface area contributed by atoms with Gasteiger partial charge in [0.05, 0.1) is 11.7 Å². The van der Waals surface area contributed by atoms with Crippen molar-refractivity contribution < 1.29 is 4.79 Å². The van der Waals surface area contributed by atoms with Crippen molar-refractivity contribution in [1.29, 1.82) is 0 Å². The first-order valence-corrected chi connectivity index (χ1v) is 8.62. The Labute approximate surface area is 139 Å². The summed E-state index contributed by atoms with van der Waals surface area (Å²) >= 11 is 0. The first-order valence-electron chi connectivity index (χ1n) is 8.62. The Morgan fingerprint density at radius 1 is 1.39 bits per heavy atom. The second-order valence-electron chi connectivity index (χ2n) is 8.04. The summed E-state index contributed by atoms with van der Waals surface area (Å²) in [6.45, 7) is 12.5. The second-order valence-corrected chi connectivity index (χ2v) is 8.04. The van der Waals surface area contributed by atoms with Crippen molar-refractivity contribution in [3.05, 3.63) is 11.9 Å². The fourth-order valence-corrected chi connectivity index (χ4v) is 2.93. The first kappa shape index (κ1) is 17.9. The lowest BCUT2D eigenvalue weighted by Gasteiger charge is -2.37. The monoisotopic (exact) mass is 321 g/mol. The number of hydrogen-bond donors (Lipinski definition) is 1. The summed E-state index contributed by atoms with van der Waals surface area (Å²) in [6, 6.07) is 0. The molecule has 0 aliphatic carbocycles. The Balaban J connectivity index is 1.99. The van der Waals surface area contributed by atoms with E-state index in [0.717, 1.165) is 44.6 Å².